The summed E-state index contributed by atoms with van der Waals surface area (Å²) in [7, 11) is 0. The molecule has 21 heavy (non-hydrogen) atoms. The predicted octanol–water partition coefficient (Wildman–Crippen LogP) is 1.30. The number of nitrogens with one attached hydrogen (secondary N) is 2. The van der Waals surface area contributed by atoms with Crippen LogP contribution < -0.4 is 15.5 Å². The highest BCUT2D eigenvalue weighted by Crippen LogP contribution is 2.18. The summed E-state index contributed by atoms with van der Waals surface area (Å²) in [5, 5.41) is 5.25. The second-order valence-corrected chi connectivity index (χ2v) is 4.43. The number of carbonyl (C=O) groups excluding carboxylic acids is 3. The van der Waals surface area contributed by atoms with Crippen LogP contribution in [-0.4, -0.2) is 30.8 Å². The fourth-order valence-corrected chi connectivity index (χ4v) is 1.70. The molecule has 0 spiro atoms. The molecule has 0 radical (unpaired) electrons. The Balaban J connectivity index is 2.80. The Hall–Kier alpha value is -2.63. The zero-order valence-corrected chi connectivity index (χ0v) is 12.2. The summed E-state index contributed by atoms with van der Waals surface area (Å²) in [6.45, 7) is 6.60. The molecule has 0 aliphatic heterocycles. The Labute approximate surface area is 123 Å². The minimum atomic E-state index is -0.268. The average molecular weight is 289 g/mol. The van der Waals surface area contributed by atoms with Crippen molar-refractivity contribution >= 4 is 29.1 Å². The standard InChI is InChI=1S/C15H19N3O3/c1-4-9-16-15(21)10-18(12(3)20)14-7-5-13(6-8-14)17-11(2)19/h4-8H,1,9-10H2,2-3H3,(H,16,21)(H,17,19). The largest absolute Gasteiger partial charge is 0.351 e. The van der Waals surface area contributed by atoms with E-state index in [0.29, 0.717) is 17.9 Å². The molecule has 2 N–H and O–H groups in total. The van der Waals surface area contributed by atoms with E-state index < -0.39 is 0 Å². The van der Waals surface area contributed by atoms with Gasteiger partial charge in [0, 0.05) is 31.8 Å². The molecule has 1 aromatic carbocycles. The maximum absolute atomic E-state index is 11.7. The van der Waals surface area contributed by atoms with Gasteiger partial charge in [-0.05, 0) is 24.3 Å². The molecule has 0 heterocycles. The van der Waals surface area contributed by atoms with E-state index in [9.17, 15) is 14.4 Å². The smallest absolute Gasteiger partial charge is 0.240 e. The minimum Gasteiger partial charge on any atom is -0.351 e. The van der Waals surface area contributed by atoms with Crippen LogP contribution in [0.5, 0.6) is 0 Å². The number of hydrogen-bond acceptors (Lipinski definition) is 3. The molecule has 0 aromatic heterocycles. The third kappa shape index (κ3) is 5.48. The van der Waals surface area contributed by atoms with Gasteiger partial charge in [0.05, 0.1) is 0 Å². The van der Waals surface area contributed by atoms with Crippen molar-refractivity contribution in [1.82, 2.24) is 5.32 Å². The molecule has 0 atom stereocenters. The van der Waals surface area contributed by atoms with Gasteiger partial charge in [-0.3, -0.25) is 14.4 Å². The second kappa shape index (κ2) is 7.84. The van der Waals surface area contributed by atoms with E-state index in [1.807, 2.05) is 0 Å². The van der Waals surface area contributed by atoms with Crippen LogP contribution in [0.25, 0.3) is 0 Å². The SMILES string of the molecule is C=CCNC(=O)CN(C(C)=O)c1ccc(NC(C)=O)cc1. The lowest BCUT2D eigenvalue weighted by molar-refractivity contribution is -0.122. The quantitative estimate of drug-likeness (QED) is 0.775. The average Bonchev–Trinajstić information content (AvgIpc) is 2.42. The zero-order chi connectivity index (χ0) is 15.8. The summed E-state index contributed by atoms with van der Waals surface area (Å²) in [6, 6.07) is 6.70. The normalized spacial score (nSPS) is 9.62. The molecule has 0 fully saturated rings. The number of amides is 3. The molecular formula is C15H19N3O3. The van der Waals surface area contributed by atoms with E-state index in [2.05, 4.69) is 17.2 Å². The molecule has 0 bridgehead atoms. The van der Waals surface area contributed by atoms with Crippen LogP contribution in [0.4, 0.5) is 11.4 Å². The fraction of sp³-hybridized carbons (Fsp3) is 0.267. The summed E-state index contributed by atoms with van der Waals surface area (Å²) in [5.74, 6) is -0.679. The molecule has 0 aliphatic rings. The van der Waals surface area contributed by atoms with Gasteiger partial charge in [0.15, 0.2) is 0 Å². The highest BCUT2D eigenvalue weighted by Gasteiger charge is 2.15. The van der Waals surface area contributed by atoms with Crippen LogP contribution in [0.1, 0.15) is 13.8 Å². The third-order valence-electron chi connectivity index (χ3n) is 2.62. The van der Waals surface area contributed by atoms with Crippen molar-refractivity contribution in [1.29, 1.82) is 0 Å². The lowest BCUT2D eigenvalue weighted by Crippen LogP contribution is -2.39. The molecule has 0 saturated carbocycles. The predicted molar refractivity (Wildman–Crippen MR) is 82.0 cm³/mol. The highest BCUT2D eigenvalue weighted by molar-refractivity contribution is 5.97. The van der Waals surface area contributed by atoms with Crippen molar-refractivity contribution in [2.45, 2.75) is 13.8 Å². The Bertz CT molecular complexity index is 538. The van der Waals surface area contributed by atoms with Crippen LogP contribution >= 0.6 is 0 Å². The fourth-order valence-electron chi connectivity index (χ4n) is 1.70. The monoisotopic (exact) mass is 289 g/mol. The van der Waals surface area contributed by atoms with Crippen molar-refractivity contribution in [2.75, 3.05) is 23.3 Å². The van der Waals surface area contributed by atoms with Gasteiger partial charge < -0.3 is 15.5 Å². The Morgan fingerprint density at radius 2 is 1.81 bits per heavy atom. The van der Waals surface area contributed by atoms with Crippen molar-refractivity contribution in [3.63, 3.8) is 0 Å². The van der Waals surface area contributed by atoms with Crippen molar-refractivity contribution in [3.8, 4) is 0 Å². The number of rotatable bonds is 6. The van der Waals surface area contributed by atoms with Gasteiger partial charge in [0.2, 0.25) is 17.7 Å². The van der Waals surface area contributed by atoms with Gasteiger partial charge in [0.25, 0.3) is 0 Å². The molecule has 0 saturated heterocycles. The van der Waals surface area contributed by atoms with Crippen LogP contribution in [-0.2, 0) is 14.4 Å². The van der Waals surface area contributed by atoms with E-state index in [-0.39, 0.29) is 24.3 Å². The van der Waals surface area contributed by atoms with Crippen LogP contribution in [0.15, 0.2) is 36.9 Å². The first-order valence-corrected chi connectivity index (χ1v) is 6.47. The third-order valence-corrected chi connectivity index (χ3v) is 2.62. The first kappa shape index (κ1) is 16.4. The van der Waals surface area contributed by atoms with Crippen LogP contribution in [0.2, 0.25) is 0 Å². The molecule has 1 aromatic rings. The number of benzene rings is 1. The first-order chi connectivity index (χ1) is 9.93. The summed E-state index contributed by atoms with van der Waals surface area (Å²) in [6.07, 6.45) is 1.57. The van der Waals surface area contributed by atoms with Crippen LogP contribution in [0, 0.1) is 0 Å². The van der Waals surface area contributed by atoms with Gasteiger partial charge >= 0.3 is 0 Å². The molecule has 1 rings (SSSR count). The van der Waals surface area contributed by atoms with E-state index in [1.165, 1.54) is 18.7 Å². The summed E-state index contributed by atoms with van der Waals surface area (Å²) in [4.78, 5) is 35.7. The number of hydrogen-bond donors (Lipinski definition) is 2. The molecule has 0 unspecified atom stereocenters. The minimum absolute atomic E-state index is 0.0668. The summed E-state index contributed by atoms with van der Waals surface area (Å²) < 4.78 is 0. The van der Waals surface area contributed by atoms with Gasteiger partial charge in [-0.25, -0.2) is 0 Å². The summed E-state index contributed by atoms with van der Waals surface area (Å²) in [5.41, 5.74) is 1.22. The van der Waals surface area contributed by atoms with Gasteiger partial charge in [-0.2, -0.15) is 0 Å². The number of carbonyl (C=O) groups is 3. The number of nitrogens with zero attached hydrogens (tertiary/aromatic N) is 1. The molecule has 3 amide bonds. The topological polar surface area (TPSA) is 78.5 Å². The molecule has 6 nitrogen and oxygen atoms in total. The number of anilines is 2. The molecule has 6 heteroatoms. The lowest BCUT2D eigenvalue weighted by Gasteiger charge is -2.20. The van der Waals surface area contributed by atoms with E-state index in [0.717, 1.165) is 0 Å². The van der Waals surface area contributed by atoms with Crippen molar-refractivity contribution in [2.24, 2.45) is 0 Å². The van der Waals surface area contributed by atoms with Gasteiger partial charge in [-0.1, -0.05) is 6.08 Å². The zero-order valence-electron chi connectivity index (χ0n) is 12.2. The van der Waals surface area contributed by atoms with E-state index in [4.69, 9.17) is 0 Å². The van der Waals surface area contributed by atoms with Gasteiger partial charge in [0.1, 0.15) is 6.54 Å². The Morgan fingerprint density at radius 3 is 2.29 bits per heavy atom. The van der Waals surface area contributed by atoms with Crippen molar-refractivity contribution < 1.29 is 14.4 Å². The molecule has 0 aliphatic carbocycles. The van der Waals surface area contributed by atoms with E-state index >= 15 is 0 Å². The second-order valence-electron chi connectivity index (χ2n) is 4.43. The van der Waals surface area contributed by atoms with Crippen molar-refractivity contribution in [3.05, 3.63) is 36.9 Å². The first-order valence-electron chi connectivity index (χ1n) is 6.47. The van der Waals surface area contributed by atoms with E-state index in [1.54, 1.807) is 30.3 Å². The van der Waals surface area contributed by atoms with Gasteiger partial charge in [-0.15, -0.1) is 6.58 Å². The molecular weight excluding hydrogens is 270 g/mol. The van der Waals surface area contributed by atoms with Crippen LogP contribution in [0.3, 0.4) is 0 Å². The lowest BCUT2D eigenvalue weighted by atomic mass is 10.2. The Morgan fingerprint density at radius 1 is 1.19 bits per heavy atom. The Kier molecular flexibility index (Phi) is 6.13. The molecule has 112 valence electrons. The maximum Gasteiger partial charge on any atom is 0.240 e. The maximum atomic E-state index is 11.7. The summed E-state index contributed by atoms with van der Waals surface area (Å²) >= 11 is 0. The highest BCUT2D eigenvalue weighted by atomic mass is 16.2.